The van der Waals surface area contributed by atoms with E-state index in [1.54, 1.807) is 6.21 Å². The largest absolute Gasteiger partial charge is 0.310 e. The summed E-state index contributed by atoms with van der Waals surface area (Å²) in [5.74, 6) is 0. The Hall–Kier alpha value is -0.890. The second-order valence-electron chi connectivity index (χ2n) is 2.30. The maximum Gasteiger partial charge on any atom is 0.0265 e. The number of nitrogens with one attached hydrogen (secondary N) is 1. The molecule has 0 aliphatic rings. The van der Waals surface area contributed by atoms with Gasteiger partial charge in [-0.15, -0.1) is 6.58 Å². The Morgan fingerprint density at radius 1 is 1.46 bits per heavy atom. The van der Waals surface area contributed by atoms with E-state index in [0.29, 0.717) is 0 Å². The summed E-state index contributed by atoms with van der Waals surface area (Å²) in [7, 11) is 0. The standard InChI is InChI=1S/C9H16N2.C2H6/c1-4-6-11-8-9(3)7-10-5-2;1-2/h4-5,7,11H,1,6,8H2,2-3H3;1-2H3/b9-7+,10-5?;. The number of aliphatic imine (C=N–C) groups is 1. The van der Waals surface area contributed by atoms with Gasteiger partial charge in [-0.2, -0.15) is 0 Å². The zero-order chi connectivity index (χ0) is 10.5. The number of hydrogen-bond donors (Lipinski definition) is 1. The molecule has 0 aliphatic carbocycles. The molecule has 0 saturated carbocycles. The van der Waals surface area contributed by atoms with Gasteiger partial charge in [0.15, 0.2) is 0 Å². The van der Waals surface area contributed by atoms with Crippen LogP contribution in [0.1, 0.15) is 27.7 Å². The Morgan fingerprint density at radius 3 is 2.54 bits per heavy atom. The number of rotatable bonds is 5. The third-order valence-electron chi connectivity index (χ3n) is 1.14. The second kappa shape index (κ2) is 13.7. The van der Waals surface area contributed by atoms with E-state index >= 15 is 0 Å². The lowest BCUT2D eigenvalue weighted by molar-refractivity contribution is 0.813. The van der Waals surface area contributed by atoms with E-state index in [1.165, 1.54) is 5.57 Å². The molecule has 0 radical (unpaired) electrons. The van der Waals surface area contributed by atoms with Crippen LogP contribution in [0.2, 0.25) is 0 Å². The van der Waals surface area contributed by atoms with Gasteiger partial charge >= 0.3 is 0 Å². The van der Waals surface area contributed by atoms with Crippen molar-refractivity contribution in [2.75, 3.05) is 13.1 Å². The van der Waals surface area contributed by atoms with Gasteiger partial charge in [0, 0.05) is 25.5 Å². The average Bonchev–Trinajstić information content (AvgIpc) is 2.18. The predicted molar refractivity (Wildman–Crippen MR) is 62.3 cm³/mol. The molecule has 0 amide bonds. The quantitative estimate of drug-likeness (QED) is 0.394. The minimum absolute atomic E-state index is 0.848. The SMILES string of the molecule is C=CCNC/C(C)=C/N=CC.CC. The van der Waals surface area contributed by atoms with Gasteiger partial charge in [-0.3, -0.25) is 4.99 Å². The highest BCUT2D eigenvalue weighted by Crippen LogP contribution is 1.88. The molecule has 0 spiro atoms. The Bertz CT molecular complexity index is 157. The lowest BCUT2D eigenvalue weighted by Crippen LogP contribution is -2.15. The minimum Gasteiger partial charge on any atom is -0.310 e. The molecule has 13 heavy (non-hydrogen) atoms. The van der Waals surface area contributed by atoms with Crippen LogP contribution in [0.25, 0.3) is 0 Å². The van der Waals surface area contributed by atoms with E-state index in [-0.39, 0.29) is 0 Å². The molecule has 0 aromatic rings. The molecule has 0 aromatic carbocycles. The molecule has 0 heterocycles. The molecule has 1 N–H and O–H groups in total. The summed E-state index contributed by atoms with van der Waals surface area (Å²) < 4.78 is 0. The summed E-state index contributed by atoms with van der Waals surface area (Å²) in [6.45, 7) is 13.3. The van der Waals surface area contributed by atoms with Gasteiger partial charge in [0.1, 0.15) is 0 Å². The summed E-state index contributed by atoms with van der Waals surface area (Å²) in [6.07, 6.45) is 5.48. The Balaban J connectivity index is 0. The molecule has 2 heteroatoms. The van der Waals surface area contributed by atoms with Gasteiger partial charge in [-0.1, -0.05) is 19.9 Å². The van der Waals surface area contributed by atoms with E-state index in [9.17, 15) is 0 Å². The Morgan fingerprint density at radius 2 is 2.08 bits per heavy atom. The summed E-state index contributed by atoms with van der Waals surface area (Å²) in [5.41, 5.74) is 1.23. The number of nitrogens with zero attached hydrogens (tertiary/aromatic N) is 1. The van der Waals surface area contributed by atoms with Gasteiger partial charge in [0.05, 0.1) is 0 Å². The third-order valence-corrected chi connectivity index (χ3v) is 1.14. The van der Waals surface area contributed by atoms with Gasteiger partial charge in [0.25, 0.3) is 0 Å². The number of hydrogen-bond acceptors (Lipinski definition) is 2. The molecule has 76 valence electrons. The first-order valence-electron chi connectivity index (χ1n) is 4.76. The van der Waals surface area contributed by atoms with E-state index in [0.717, 1.165) is 13.1 Å². The fraction of sp³-hybridized carbons (Fsp3) is 0.545. The van der Waals surface area contributed by atoms with E-state index < -0.39 is 0 Å². The highest BCUT2D eigenvalue weighted by atomic mass is 14.8. The lowest BCUT2D eigenvalue weighted by atomic mass is 10.3. The first-order chi connectivity index (χ1) is 6.31. The summed E-state index contributed by atoms with van der Waals surface area (Å²) in [6, 6.07) is 0. The second-order valence-corrected chi connectivity index (χ2v) is 2.30. The lowest BCUT2D eigenvalue weighted by Gasteiger charge is -1.98. The normalized spacial score (nSPS) is 10.9. The monoisotopic (exact) mass is 182 g/mol. The molecule has 0 saturated heterocycles. The Kier molecular flexibility index (Phi) is 15.4. The molecule has 0 fully saturated rings. The van der Waals surface area contributed by atoms with Crippen molar-refractivity contribution in [1.82, 2.24) is 5.32 Å². The van der Waals surface area contributed by atoms with E-state index in [1.807, 2.05) is 40.0 Å². The van der Waals surface area contributed by atoms with Crippen LogP contribution in [0, 0.1) is 0 Å². The van der Waals surface area contributed by atoms with E-state index in [2.05, 4.69) is 16.9 Å². The van der Waals surface area contributed by atoms with Crippen molar-refractivity contribution in [1.29, 1.82) is 0 Å². The van der Waals surface area contributed by atoms with Crippen molar-refractivity contribution >= 4 is 6.21 Å². The van der Waals surface area contributed by atoms with Gasteiger partial charge in [-0.25, -0.2) is 0 Å². The van der Waals surface area contributed by atoms with Gasteiger partial charge in [0.2, 0.25) is 0 Å². The van der Waals surface area contributed by atoms with Crippen molar-refractivity contribution in [2.45, 2.75) is 27.7 Å². The van der Waals surface area contributed by atoms with Gasteiger partial charge in [-0.05, 0) is 19.4 Å². The molecule has 2 nitrogen and oxygen atoms in total. The van der Waals surface area contributed by atoms with Crippen LogP contribution in [-0.4, -0.2) is 19.3 Å². The molecule has 0 bridgehead atoms. The topological polar surface area (TPSA) is 24.4 Å². The molecule has 0 aromatic heterocycles. The van der Waals surface area contributed by atoms with Crippen molar-refractivity contribution in [3.05, 3.63) is 24.4 Å². The zero-order valence-electron chi connectivity index (χ0n) is 9.30. The zero-order valence-corrected chi connectivity index (χ0v) is 9.30. The predicted octanol–water partition coefficient (Wildman–Crippen LogP) is 2.78. The summed E-state index contributed by atoms with van der Waals surface area (Å²) in [5, 5.41) is 3.18. The first-order valence-corrected chi connectivity index (χ1v) is 4.76. The molecule has 0 unspecified atom stereocenters. The maximum absolute atomic E-state index is 4.00. The summed E-state index contributed by atoms with van der Waals surface area (Å²) in [4.78, 5) is 4.00. The average molecular weight is 182 g/mol. The first kappa shape index (κ1) is 14.6. The summed E-state index contributed by atoms with van der Waals surface area (Å²) >= 11 is 0. The minimum atomic E-state index is 0.848. The van der Waals surface area contributed by atoms with Crippen LogP contribution in [0.15, 0.2) is 29.4 Å². The van der Waals surface area contributed by atoms with Crippen molar-refractivity contribution in [2.24, 2.45) is 4.99 Å². The van der Waals surface area contributed by atoms with Crippen molar-refractivity contribution in [3.8, 4) is 0 Å². The molecule has 0 atom stereocenters. The third kappa shape index (κ3) is 14.0. The smallest absolute Gasteiger partial charge is 0.0265 e. The van der Waals surface area contributed by atoms with Crippen LogP contribution in [0.5, 0.6) is 0 Å². The van der Waals surface area contributed by atoms with Crippen molar-refractivity contribution < 1.29 is 0 Å². The van der Waals surface area contributed by atoms with Crippen LogP contribution in [-0.2, 0) is 0 Å². The Labute approximate surface area is 82.5 Å². The van der Waals surface area contributed by atoms with Crippen LogP contribution in [0.3, 0.4) is 0 Å². The molecule has 0 aliphatic heterocycles. The van der Waals surface area contributed by atoms with Crippen LogP contribution < -0.4 is 5.32 Å². The van der Waals surface area contributed by atoms with Crippen molar-refractivity contribution in [3.63, 3.8) is 0 Å². The molecular formula is C11H22N2. The van der Waals surface area contributed by atoms with E-state index in [4.69, 9.17) is 0 Å². The fourth-order valence-corrected chi connectivity index (χ4v) is 0.619. The highest BCUT2D eigenvalue weighted by molar-refractivity contribution is 5.54. The molecular weight excluding hydrogens is 160 g/mol. The van der Waals surface area contributed by atoms with Crippen LogP contribution >= 0.6 is 0 Å². The maximum atomic E-state index is 4.00. The van der Waals surface area contributed by atoms with Crippen LogP contribution in [0.4, 0.5) is 0 Å². The molecule has 0 rings (SSSR count). The van der Waals surface area contributed by atoms with Gasteiger partial charge < -0.3 is 5.32 Å². The fourth-order valence-electron chi connectivity index (χ4n) is 0.619. The highest BCUT2D eigenvalue weighted by Gasteiger charge is 1.84.